The maximum absolute atomic E-state index is 5.94. The normalized spacial score (nSPS) is 11.1. The van der Waals surface area contributed by atoms with Crippen LogP contribution in [0, 0.1) is 0 Å². The van der Waals surface area contributed by atoms with E-state index in [2.05, 4.69) is 20.2 Å². The largest absolute Gasteiger partial charge is 0.430 e. The van der Waals surface area contributed by atoms with Gasteiger partial charge in [-0.15, -0.1) is 5.10 Å². The highest BCUT2D eigenvalue weighted by atomic mass is 35.5. The Labute approximate surface area is 162 Å². The predicted molar refractivity (Wildman–Crippen MR) is 103 cm³/mol. The van der Waals surface area contributed by atoms with E-state index in [9.17, 15) is 0 Å². The molecule has 0 atom stereocenters. The summed E-state index contributed by atoms with van der Waals surface area (Å²) in [7, 11) is 0. The number of aromatic nitrogens is 6. The minimum Gasteiger partial charge on any atom is -0.430 e. The highest BCUT2D eigenvalue weighted by Crippen LogP contribution is 2.30. The lowest BCUT2D eigenvalue weighted by molar-refractivity contribution is 0.470. The summed E-state index contributed by atoms with van der Waals surface area (Å²) in [6.07, 6.45) is 4.99. The summed E-state index contributed by atoms with van der Waals surface area (Å²) in [4.78, 5) is 9.31. The van der Waals surface area contributed by atoms with Crippen molar-refractivity contribution in [1.82, 2.24) is 29.4 Å². The van der Waals surface area contributed by atoms with Crippen molar-refractivity contribution in [1.29, 1.82) is 0 Å². The first kappa shape index (κ1) is 16.0. The van der Waals surface area contributed by atoms with Gasteiger partial charge >= 0.3 is 0 Å². The topological polar surface area (TPSA) is 70.1 Å². The number of ether oxygens (including phenoxy) is 1. The van der Waals surface area contributed by atoms with Gasteiger partial charge in [0.15, 0.2) is 0 Å². The van der Waals surface area contributed by atoms with Crippen LogP contribution in [0.2, 0.25) is 5.02 Å². The van der Waals surface area contributed by atoms with E-state index in [1.54, 1.807) is 15.5 Å². The summed E-state index contributed by atoms with van der Waals surface area (Å²) in [6, 6.07) is 15.1. The Bertz CT molecular complexity index is 1180. The summed E-state index contributed by atoms with van der Waals surface area (Å²) < 4.78 is 9.27. The quantitative estimate of drug-likeness (QED) is 0.449. The van der Waals surface area contributed by atoms with Crippen LogP contribution in [-0.2, 0) is 0 Å². The molecule has 0 aliphatic carbocycles. The first-order valence-corrected chi connectivity index (χ1v) is 9.19. The van der Waals surface area contributed by atoms with Gasteiger partial charge in [-0.2, -0.15) is 5.10 Å². The van der Waals surface area contributed by atoms with Gasteiger partial charge in [-0.25, -0.2) is 19.2 Å². The van der Waals surface area contributed by atoms with E-state index < -0.39 is 0 Å². The van der Waals surface area contributed by atoms with Crippen molar-refractivity contribution in [2.45, 2.75) is 0 Å². The number of nitrogens with zero attached hydrogens (tertiary/aromatic N) is 6. The Morgan fingerprint density at radius 2 is 1.96 bits per heavy atom. The van der Waals surface area contributed by atoms with E-state index in [1.165, 1.54) is 17.7 Å². The SMILES string of the molecule is Clc1ccc(-c2cn3nc(Oc4cccc(-n5cncn5)c4)sc3n2)cc1. The Hall–Kier alpha value is -3.23. The second kappa shape index (κ2) is 6.49. The van der Waals surface area contributed by atoms with E-state index in [-0.39, 0.29) is 0 Å². The van der Waals surface area contributed by atoms with Crippen molar-refractivity contribution < 1.29 is 4.74 Å². The number of imidazole rings is 1. The standard InChI is InChI=1S/C18H11ClN6OS/c19-13-6-4-12(5-7-13)16-9-24-17(22-16)27-18(23-24)26-15-3-1-2-14(8-15)25-11-20-10-21-25/h1-11H. The van der Waals surface area contributed by atoms with Gasteiger partial charge < -0.3 is 4.74 Å². The molecular weight excluding hydrogens is 384 g/mol. The van der Waals surface area contributed by atoms with Crippen molar-refractivity contribution in [3.05, 3.63) is 72.4 Å². The average molecular weight is 395 g/mol. The van der Waals surface area contributed by atoms with Crippen LogP contribution in [0.4, 0.5) is 0 Å². The molecule has 0 N–H and O–H groups in total. The van der Waals surface area contributed by atoms with Gasteiger partial charge in [0.05, 0.1) is 17.6 Å². The summed E-state index contributed by atoms with van der Waals surface area (Å²) >= 11 is 7.31. The van der Waals surface area contributed by atoms with Crippen LogP contribution < -0.4 is 4.74 Å². The van der Waals surface area contributed by atoms with Crippen LogP contribution in [0.5, 0.6) is 10.9 Å². The first-order valence-electron chi connectivity index (χ1n) is 8.00. The third-order valence-electron chi connectivity index (χ3n) is 3.87. The van der Waals surface area contributed by atoms with Gasteiger partial charge in [-0.3, -0.25) is 0 Å². The molecule has 0 bridgehead atoms. The van der Waals surface area contributed by atoms with Crippen LogP contribution in [0.25, 0.3) is 21.9 Å². The molecule has 3 aromatic heterocycles. The number of benzene rings is 2. The smallest absolute Gasteiger partial charge is 0.299 e. The summed E-state index contributed by atoms with van der Waals surface area (Å²) in [6.45, 7) is 0. The highest BCUT2D eigenvalue weighted by Gasteiger charge is 2.11. The summed E-state index contributed by atoms with van der Waals surface area (Å²) in [5, 5.41) is 9.78. The number of fused-ring (bicyclic) bond motifs is 1. The molecule has 0 radical (unpaired) electrons. The Morgan fingerprint density at radius 3 is 2.74 bits per heavy atom. The maximum Gasteiger partial charge on any atom is 0.299 e. The lowest BCUT2D eigenvalue weighted by atomic mass is 10.2. The van der Waals surface area contributed by atoms with Crippen molar-refractivity contribution >= 4 is 27.9 Å². The van der Waals surface area contributed by atoms with Gasteiger partial charge in [0, 0.05) is 16.7 Å². The van der Waals surface area contributed by atoms with Gasteiger partial charge in [-0.05, 0) is 35.6 Å². The molecule has 7 nitrogen and oxygen atoms in total. The fraction of sp³-hybridized carbons (Fsp3) is 0. The Morgan fingerprint density at radius 1 is 1.07 bits per heavy atom. The van der Waals surface area contributed by atoms with Gasteiger partial charge in [0.1, 0.15) is 18.4 Å². The minimum absolute atomic E-state index is 0.510. The average Bonchev–Trinajstić information content (AvgIpc) is 3.39. The minimum atomic E-state index is 0.510. The first-order chi connectivity index (χ1) is 13.2. The van der Waals surface area contributed by atoms with Crippen molar-refractivity contribution in [2.24, 2.45) is 0 Å². The molecule has 3 heterocycles. The third-order valence-corrected chi connectivity index (χ3v) is 4.92. The number of halogens is 1. The second-order valence-corrected chi connectivity index (χ2v) is 7.02. The van der Waals surface area contributed by atoms with Crippen LogP contribution in [0.1, 0.15) is 0 Å². The molecule has 2 aromatic carbocycles. The highest BCUT2D eigenvalue weighted by molar-refractivity contribution is 7.18. The van der Waals surface area contributed by atoms with Gasteiger partial charge in [-0.1, -0.05) is 29.8 Å². The zero-order chi connectivity index (χ0) is 18.2. The lowest BCUT2D eigenvalue weighted by Crippen LogP contribution is -1.94. The van der Waals surface area contributed by atoms with Crippen molar-refractivity contribution in [2.75, 3.05) is 0 Å². The van der Waals surface area contributed by atoms with Crippen LogP contribution in [-0.4, -0.2) is 29.4 Å². The summed E-state index contributed by atoms with van der Waals surface area (Å²) in [5.41, 5.74) is 2.68. The van der Waals surface area contributed by atoms with E-state index in [0.29, 0.717) is 16.0 Å². The Kier molecular flexibility index (Phi) is 3.84. The molecule has 9 heteroatoms. The van der Waals surface area contributed by atoms with Crippen LogP contribution in [0.3, 0.4) is 0 Å². The molecule has 5 rings (SSSR count). The monoisotopic (exact) mass is 394 g/mol. The molecule has 0 aliphatic heterocycles. The third kappa shape index (κ3) is 3.16. The van der Waals surface area contributed by atoms with Crippen molar-refractivity contribution in [3.8, 4) is 27.9 Å². The van der Waals surface area contributed by atoms with Crippen LogP contribution in [0.15, 0.2) is 67.4 Å². The molecular formula is C18H11ClN6OS. The fourth-order valence-corrected chi connectivity index (χ4v) is 3.49. The molecule has 0 aliphatic rings. The van der Waals surface area contributed by atoms with Gasteiger partial charge in [0.25, 0.3) is 5.19 Å². The van der Waals surface area contributed by atoms with Crippen molar-refractivity contribution in [3.63, 3.8) is 0 Å². The molecule has 0 saturated carbocycles. The van der Waals surface area contributed by atoms with E-state index in [0.717, 1.165) is 21.9 Å². The molecule has 0 unspecified atom stereocenters. The number of hydrogen-bond donors (Lipinski definition) is 0. The lowest BCUT2D eigenvalue weighted by Gasteiger charge is -2.04. The van der Waals surface area contributed by atoms with E-state index in [4.69, 9.17) is 16.3 Å². The second-order valence-electron chi connectivity index (χ2n) is 5.67. The van der Waals surface area contributed by atoms with E-state index >= 15 is 0 Å². The molecule has 0 saturated heterocycles. The number of rotatable bonds is 4. The Balaban J connectivity index is 1.41. The summed E-state index contributed by atoms with van der Waals surface area (Å²) in [5.74, 6) is 0.665. The van der Waals surface area contributed by atoms with Gasteiger partial charge in [0.2, 0.25) is 4.96 Å². The molecule has 132 valence electrons. The molecule has 0 fully saturated rings. The molecule has 5 aromatic rings. The zero-order valence-corrected chi connectivity index (χ0v) is 15.3. The van der Waals surface area contributed by atoms with Crippen LogP contribution >= 0.6 is 22.9 Å². The zero-order valence-electron chi connectivity index (χ0n) is 13.7. The maximum atomic E-state index is 5.94. The van der Waals surface area contributed by atoms with E-state index in [1.807, 2.05) is 54.7 Å². The number of hydrogen-bond acceptors (Lipinski definition) is 6. The predicted octanol–water partition coefficient (Wildman–Crippen LogP) is 4.48. The molecule has 27 heavy (non-hydrogen) atoms. The molecule has 0 spiro atoms. The fourth-order valence-electron chi connectivity index (χ4n) is 2.61. The molecule has 0 amide bonds.